The van der Waals surface area contributed by atoms with E-state index in [2.05, 4.69) is 25.2 Å². The summed E-state index contributed by atoms with van der Waals surface area (Å²) in [5.41, 5.74) is 6.06. The monoisotopic (exact) mass is 219 g/mol. The minimum atomic E-state index is 0.220. The topological polar surface area (TPSA) is 47.3 Å². The van der Waals surface area contributed by atoms with Crippen LogP contribution in [0.25, 0.3) is 0 Å². The Morgan fingerprint density at radius 2 is 2.06 bits per heavy atom. The molecular formula is C13H19N2O. The minimum absolute atomic E-state index is 0.220. The van der Waals surface area contributed by atoms with Crippen molar-refractivity contribution in [2.45, 2.75) is 32.0 Å². The average Bonchev–Trinajstić information content (AvgIpc) is 2.56. The maximum absolute atomic E-state index is 6.06. The van der Waals surface area contributed by atoms with E-state index in [1.807, 2.05) is 24.3 Å². The van der Waals surface area contributed by atoms with Gasteiger partial charge >= 0.3 is 0 Å². The second-order valence-electron chi connectivity index (χ2n) is 4.55. The van der Waals surface area contributed by atoms with Crippen LogP contribution < -0.4 is 15.8 Å². The van der Waals surface area contributed by atoms with Crippen molar-refractivity contribution in [3.8, 4) is 5.75 Å². The highest BCUT2D eigenvalue weighted by atomic mass is 16.5. The van der Waals surface area contributed by atoms with E-state index in [0.717, 1.165) is 5.75 Å². The Kier molecular flexibility index (Phi) is 3.46. The lowest BCUT2D eigenvalue weighted by Gasteiger charge is -2.17. The van der Waals surface area contributed by atoms with Crippen LogP contribution >= 0.6 is 0 Å². The van der Waals surface area contributed by atoms with Gasteiger partial charge in [0.05, 0.1) is 0 Å². The number of nitrogens with one attached hydrogen (secondary N) is 1. The van der Waals surface area contributed by atoms with Crippen LogP contribution in [0.4, 0.5) is 0 Å². The lowest BCUT2D eigenvalue weighted by atomic mass is 9.97. The number of nitrogens with two attached hydrogens (primary N) is 1. The Hall–Kier alpha value is -1.06. The van der Waals surface area contributed by atoms with E-state index >= 15 is 0 Å². The Bertz CT molecular complexity index is 328. The molecule has 1 aromatic carbocycles. The highest BCUT2D eigenvalue weighted by molar-refractivity contribution is 5.20. The molecule has 1 heterocycles. The molecule has 1 fully saturated rings. The molecule has 3 heteroatoms. The molecule has 3 N–H and O–H groups in total. The molecule has 4 atom stereocenters. The summed E-state index contributed by atoms with van der Waals surface area (Å²) in [4.78, 5) is 0. The molecular weight excluding hydrogens is 200 g/mol. The number of benzene rings is 1. The molecule has 1 radical (unpaired) electrons. The van der Waals surface area contributed by atoms with Crippen LogP contribution in [0.2, 0.25) is 0 Å². The van der Waals surface area contributed by atoms with Crippen molar-refractivity contribution in [2.75, 3.05) is 6.61 Å². The first-order valence-corrected chi connectivity index (χ1v) is 5.79. The van der Waals surface area contributed by atoms with E-state index in [4.69, 9.17) is 10.5 Å². The summed E-state index contributed by atoms with van der Waals surface area (Å²) < 4.78 is 5.72. The predicted octanol–water partition coefficient (Wildman–Crippen LogP) is 1.19. The van der Waals surface area contributed by atoms with Gasteiger partial charge in [0.25, 0.3) is 0 Å². The predicted molar refractivity (Wildman–Crippen MR) is 64.3 cm³/mol. The minimum Gasteiger partial charge on any atom is -0.492 e. The van der Waals surface area contributed by atoms with Crippen LogP contribution in [0, 0.1) is 12.0 Å². The zero-order valence-electron chi connectivity index (χ0n) is 9.81. The Labute approximate surface area is 97.0 Å². The second kappa shape index (κ2) is 4.85. The average molecular weight is 219 g/mol. The summed E-state index contributed by atoms with van der Waals surface area (Å²) in [6.07, 6.45) is 0. The molecule has 3 nitrogen and oxygen atoms in total. The van der Waals surface area contributed by atoms with Gasteiger partial charge < -0.3 is 15.8 Å². The Morgan fingerprint density at radius 1 is 1.38 bits per heavy atom. The van der Waals surface area contributed by atoms with Gasteiger partial charge in [0.1, 0.15) is 12.4 Å². The summed E-state index contributed by atoms with van der Waals surface area (Å²) in [5, 5.41) is 3.47. The molecule has 0 spiro atoms. The van der Waals surface area contributed by atoms with E-state index in [-0.39, 0.29) is 6.04 Å². The van der Waals surface area contributed by atoms with E-state index in [0.29, 0.717) is 24.6 Å². The van der Waals surface area contributed by atoms with Crippen LogP contribution in [0.3, 0.4) is 0 Å². The van der Waals surface area contributed by atoms with Crippen LogP contribution in [-0.4, -0.2) is 24.7 Å². The third kappa shape index (κ3) is 2.36. The summed E-state index contributed by atoms with van der Waals surface area (Å²) in [6, 6.07) is 11.5. The molecule has 16 heavy (non-hydrogen) atoms. The van der Waals surface area contributed by atoms with E-state index in [9.17, 15) is 0 Å². The van der Waals surface area contributed by atoms with Gasteiger partial charge in [-0.1, -0.05) is 19.1 Å². The number of hydrogen-bond acceptors (Lipinski definition) is 3. The standard InChI is InChI=1S/C13H19N2O/c1-9-12(15-10(2)13(9)14)8-16-11-6-4-3-5-7-11/h4-7,9-10,12-13,15H,8,14H2,1-2H3. The van der Waals surface area contributed by atoms with Gasteiger partial charge in [0.2, 0.25) is 0 Å². The van der Waals surface area contributed by atoms with Crippen molar-refractivity contribution < 1.29 is 4.74 Å². The molecule has 1 aliphatic heterocycles. The number of ether oxygens (including phenoxy) is 1. The maximum atomic E-state index is 6.06. The zero-order chi connectivity index (χ0) is 11.5. The van der Waals surface area contributed by atoms with Crippen LogP contribution in [0.1, 0.15) is 13.8 Å². The molecule has 0 aromatic heterocycles. The molecule has 1 aliphatic rings. The maximum Gasteiger partial charge on any atom is 0.119 e. The molecule has 0 bridgehead atoms. The van der Waals surface area contributed by atoms with Crippen molar-refractivity contribution in [1.29, 1.82) is 0 Å². The summed E-state index contributed by atoms with van der Waals surface area (Å²) in [5.74, 6) is 1.34. The smallest absolute Gasteiger partial charge is 0.119 e. The van der Waals surface area contributed by atoms with Gasteiger partial charge in [-0.2, -0.15) is 0 Å². The van der Waals surface area contributed by atoms with Crippen molar-refractivity contribution in [3.63, 3.8) is 0 Å². The van der Waals surface area contributed by atoms with Gasteiger partial charge in [-0.15, -0.1) is 0 Å². The Balaban J connectivity index is 1.87. The van der Waals surface area contributed by atoms with E-state index in [1.54, 1.807) is 0 Å². The largest absolute Gasteiger partial charge is 0.492 e. The SMILES string of the molecule is CC1NC(COc2cc[c]cc2)C(C)C1N. The quantitative estimate of drug-likeness (QED) is 0.802. The molecule has 4 unspecified atom stereocenters. The van der Waals surface area contributed by atoms with Gasteiger partial charge in [0, 0.05) is 18.1 Å². The third-order valence-electron chi connectivity index (χ3n) is 3.41. The molecule has 1 aromatic rings. The normalized spacial score (nSPS) is 33.9. The van der Waals surface area contributed by atoms with Crippen LogP contribution in [-0.2, 0) is 0 Å². The fourth-order valence-electron chi connectivity index (χ4n) is 2.18. The lowest BCUT2D eigenvalue weighted by molar-refractivity contribution is 0.249. The van der Waals surface area contributed by atoms with Crippen molar-refractivity contribution in [1.82, 2.24) is 5.32 Å². The van der Waals surface area contributed by atoms with Crippen LogP contribution in [0.5, 0.6) is 5.75 Å². The summed E-state index contributed by atoms with van der Waals surface area (Å²) in [7, 11) is 0. The Morgan fingerprint density at radius 3 is 2.62 bits per heavy atom. The first kappa shape index (κ1) is 11.4. The van der Waals surface area contributed by atoms with E-state index < -0.39 is 0 Å². The highest BCUT2D eigenvalue weighted by Crippen LogP contribution is 2.20. The first-order valence-electron chi connectivity index (χ1n) is 5.79. The van der Waals surface area contributed by atoms with Crippen molar-refractivity contribution in [2.24, 2.45) is 11.7 Å². The zero-order valence-corrected chi connectivity index (χ0v) is 9.81. The summed E-state index contributed by atoms with van der Waals surface area (Å²) >= 11 is 0. The molecule has 0 saturated carbocycles. The van der Waals surface area contributed by atoms with Gasteiger partial charge in [0.15, 0.2) is 0 Å². The van der Waals surface area contributed by atoms with Crippen LogP contribution in [0.15, 0.2) is 24.3 Å². The van der Waals surface area contributed by atoms with E-state index in [1.165, 1.54) is 0 Å². The van der Waals surface area contributed by atoms with Gasteiger partial charge in [-0.3, -0.25) is 0 Å². The molecule has 87 valence electrons. The third-order valence-corrected chi connectivity index (χ3v) is 3.41. The molecule has 1 saturated heterocycles. The molecule has 0 amide bonds. The fraction of sp³-hybridized carbons (Fsp3) is 0.538. The molecule has 0 aliphatic carbocycles. The second-order valence-corrected chi connectivity index (χ2v) is 4.55. The van der Waals surface area contributed by atoms with Gasteiger partial charge in [-0.05, 0) is 31.0 Å². The number of rotatable bonds is 3. The summed E-state index contributed by atoms with van der Waals surface area (Å²) in [6.45, 7) is 4.97. The fourth-order valence-corrected chi connectivity index (χ4v) is 2.18. The van der Waals surface area contributed by atoms with Gasteiger partial charge in [-0.25, -0.2) is 0 Å². The van der Waals surface area contributed by atoms with Crippen molar-refractivity contribution >= 4 is 0 Å². The van der Waals surface area contributed by atoms with Crippen molar-refractivity contribution in [3.05, 3.63) is 30.3 Å². The highest BCUT2D eigenvalue weighted by Gasteiger charge is 2.35. The number of hydrogen-bond donors (Lipinski definition) is 2. The lowest BCUT2D eigenvalue weighted by Crippen LogP contribution is -2.35. The first-order chi connectivity index (χ1) is 7.68. The molecule has 2 rings (SSSR count).